The Labute approximate surface area is 227 Å². The Morgan fingerprint density at radius 3 is 2.44 bits per heavy atom. The number of hydrogen-bond donors (Lipinski definition) is 0. The van der Waals surface area contributed by atoms with E-state index in [4.69, 9.17) is 21.1 Å². The van der Waals surface area contributed by atoms with Crippen molar-refractivity contribution in [3.8, 4) is 22.6 Å². The van der Waals surface area contributed by atoms with Crippen LogP contribution in [0.2, 0.25) is 5.02 Å². The Morgan fingerprint density at radius 1 is 1.03 bits per heavy atom. The van der Waals surface area contributed by atoms with Crippen molar-refractivity contribution in [3.05, 3.63) is 82.0 Å². The molecule has 0 N–H and O–H groups in total. The van der Waals surface area contributed by atoms with Gasteiger partial charge in [-0.15, -0.1) is 0 Å². The molecule has 0 bridgehead atoms. The Morgan fingerprint density at radius 2 is 1.74 bits per heavy atom. The van der Waals surface area contributed by atoms with Gasteiger partial charge in [0.15, 0.2) is 12.4 Å². The summed E-state index contributed by atoms with van der Waals surface area (Å²) in [5.41, 5.74) is 1.91. The van der Waals surface area contributed by atoms with Crippen LogP contribution in [0.3, 0.4) is 0 Å². The van der Waals surface area contributed by atoms with Gasteiger partial charge in [0.1, 0.15) is 11.5 Å². The van der Waals surface area contributed by atoms with Crippen molar-refractivity contribution >= 4 is 28.4 Å². The highest BCUT2D eigenvalue weighted by atomic mass is 35.5. The molecule has 0 saturated carbocycles. The van der Waals surface area contributed by atoms with Gasteiger partial charge in [-0.2, -0.15) is 13.2 Å². The third-order valence-electron chi connectivity index (χ3n) is 6.07. The number of halogens is 4. The smallest absolute Gasteiger partial charge is 0.422 e. The largest absolute Gasteiger partial charge is 0.495 e. The van der Waals surface area contributed by atoms with Crippen LogP contribution in [0.5, 0.6) is 11.5 Å². The molecule has 39 heavy (non-hydrogen) atoms. The minimum Gasteiger partial charge on any atom is -0.495 e. The fraction of sp³-hybridized carbons (Fsp3) is 0.286. The summed E-state index contributed by atoms with van der Waals surface area (Å²) in [6.45, 7) is 0.382. The van der Waals surface area contributed by atoms with Crippen molar-refractivity contribution in [2.75, 3.05) is 13.7 Å². The number of aromatic nitrogens is 3. The van der Waals surface area contributed by atoms with Crippen LogP contribution in [-0.2, 0) is 11.2 Å². The molecule has 0 fully saturated rings. The fourth-order valence-electron chi connectivity index (χ4n) is 4.31. The number of nitrogens with zero attached hydrogens (tertiary/aromatic N) is 3. The van der Waals surface area contributed by atoms with E-state index in [1.807, 2.05) is 6.92 Å². The van der Waals surface area contributed by atoms with E-state index in [0.29, 0.717) is 23.9 Å². The van der Waals surface area contributed by atoms with E-state index in [1.54, 1.807) is 30.6 Å². The molecule has 1 atom stereocenters. The van der Waals surface area contributed by atoms with Crippen molar-refractivity contribution in [3.63, 3.8) is 0 Å². The standard InChI is InChI=1S/C28H25ClF3N3O4/c1-3-4-23(24(36)12-17-5-7-21-22(11-17)34-10-9-33-21)35-15-26(38-2)20(14-27(35)37)19-13-18(29)6-8-25(19)39-16-28(30,31)32/h5-11,13-15,23H,3-4,12,16H2,1-2H3. The molecule has 0 radical (unpaired) electrons. The molecule has 1 unspecified atom stereocenters. The molecule has 0 aliphatic carbocycles. The van der Waals surface area contributed by atoms with Crippen molar-refractivity contribution < 1.29 is 27.4 Å². The molecule has 204 valence electrons. The molecule has 0 aliphatic rings. The number of Topliss-reactive ketones (excluding diaryl/α,β-unsaturated/α-hetero) is 1. The number of pyridine rings is 1. The highest BCUT2D eigenvalue weighted by molar-refractivity contribution is 6.31. The van der Waals surface area contributed by atoms with E-state index in [9.17, 15) is 22.8 Å². The van der Waals surface area contributed by atoms with E-state index < -0.39 is 24.4 Å². The number of rotatable bonds is 10. The summed E-state index contributed by atoms with van der Waals surface area (Å²) in [7, 11) is 1.36. The average molecular weight is 560 g/mol. The zero-order valence-corrected chi connectivity index (χ0v) is 21.9. The van der Waals surface area contributed by atoms with Gasteiger partial charge in [-0.25, -0.2) is 0 Å². The van der Waals surface area contributed by atoms with Gasteiger partial charge in [-0.3, -0.25) is 19.6 Å². The molecule has 2 aromatic heterocycles. The number of ether oxygens (including phenoxy) is 2. The quantitative estimate of drug-likeness (QED) is 0.229. The van der Waals surface area contributed by atoms with E-state index in [-0.39, 0.29) is 39.9 Å². The van der Waals surface area contributed by atoms with Gasteiger partial charge in [-0.1, -0.05) is 31.0 Å². The maximum Gasteiger partial charge on any atom is 0.422 e. The first-order valence-corrected chi connectivity index (χ1v) is 12.5. The predicted octanol–water partition coefficient (Wildman–Crippen LogP) is 6.21. The van der Waals surface area contributed by atoms with Gasteiger partial charge >= 0.3 is 6.18 Å². The lowest BCUT2D eigenvalue weighted by Gasteiger charge is -2.21. The minimum atomic E-state index is -4.56. The Kier molecular flexibility index (Phi) is 8.54. The van der Waals surface area contributed by atoms with Gasteiger partial charge in [0.25, 0.3) is 5.56 Å². The summed E-state index contributed by atoms with van der Waals surface area (Å²) in [4.78, 5) is 35.3. The van der Waals surface area contributed by atoms with Crippen LogP contribution in [-0.4, -0.2) is 40.2 Å². The lowest BCUT2D eigenvalue weighted by Crippen LogP contribution is -2.30. The molecule has 0 spiro atoms. The van der Waals surface area contributed by atoms with E-state index in [1.165, 1.54) is 42.1 Å². The normalized spacial score (nSPS) is 12.4. The zero-order valence-electron chi connectivity index (χ0n) is 21.2. The maximum absolute atomic E-state index is 13.4. The second-order valence-electron chi connectivity index (χ2n) is 8.87. The number of benzene rings is 2. The van der Waals surface area contributed by atoms with Crippen molar-refractivity contribution in [2.45, 2.75) is 38.4 Å². The summed E-state index contributed by atoms with van der Waals surface area (Å²) in [5, 5.41) is 0.231. The fourth-order valence-corrected chi connectivity index (χ4v) is 4.48. The number of fused-ring (bicyclic) bond motifs is 1. The molecule has 2 aromatic carbocycles. The summed E-state index contributed by atoms with van der Waals surface area (Å²) >= 11 is 6.12. The summed E-state index contributed by atoms with van der Waals surface area (Å²) < 4.78 is 50.3. The molecule has 0 aliphatic heterocycles. The lowest BCUT2D eigenvalue weighted by atomic mass is 9.99. The summed E-state index contributed by atoms with van der Waals surface area (Å²) in [5.74, 6) is -0.134. The van der Waals surface area contributed by atoms with Crippen LogP contribution in [0, 0.1) is 0 Å². The monoisotopic (exact) mass is 559 g/mol. The lowest BCUT2D eigenvalue weighted by molar-refractivity contribution is -0.153. The maximum atomic E-state index is 13.4. The molecular weight excluding hydrogens is 535 g/mol. The van der Waals surface area contributed by atoms with Crippen LogP contribution in [0.1, 0.15) is 31.4 Å². The first-order valence-electron chi connectivity index (χ1n) is 12.1. The number of methoxy groups -OCH3 is 1. The first kappa shape index (κ1) is 28.1. The van der Waals surface area contributed by atoms with Crippen LogP contribution >= 0.6 is 11.6 Å². The van der Waals surface area contributed by atoms with Crippen molar-refractivity contribution in [2.24, 2.45) is 0 Å². The molecule has 4 aromatic rings. The number of hydrogen-bond acceptors (Lipinski definition) is 6. The van der Waals surface area contributed by atoms with E-state index >= 15 is 0 Å². The molecular formula is C28H25ClF3N3O4. The molecule has 11 heteroatoms. The first-order chi connectivity index (χ1) is 18.6. The van der Waals surface area contributed by atoms with Crippen LogP contribution in [0.4, 0.5) is 13.2 Å². The SMILES string of the molecule is CCCC(C(=O)Cc1ccc2nccnc2c1)n1cc(OC)c(-c2cc(Cl)ccc2OCC(F)(F)F)cc1=O. The average Bonchev–Trinajstić information content (AvgIpc) is 2.90. The second-order valence-corrected chi connectivity index (χ2v) is 9.31. The van der Waals surface area contributed by atoms with Crippen molar-refractivity contribution in [1.82, 2.24) is 14.5 Å². The highest BCUT2D eigenvalue weighted by Gasteiger charge is 2.29. The second kappa shape index (κ2) is 11.9. The number of ketones is 1. The van der Waals surface area contributed by atoms with Crippen LogP contribution in [0.25, 0.3) is 22.2 Å². The van der Waals surface area contributed by atoms with Gasteiger partial charge in [0.05, 0.1) is 30.4 Å². The molecule has 7 nitrogen and oxygen atoms in total. The number of carbonyl (C=O) groups excluding carboxylic acids is 1. The predicted molar refractivity (Wildman–Crippen MR) is 141 cm³/mol. The molecule has 0 saturated heterocycles. The minimum absolute atomic E-state index is 0.0669. The summed E-state index contributed by atoms with van der Waals surface area (Å²) in [6.07, 6.45) is 1.08. The van der Waals surface area contributed by atoms with Gasteiger partial charge in [0, 0.05) is 41.0 Å². The molecule has 4 rings (SSSR count). The van der Waals surface area contributed by atoms with E-state index in [0.717, 1.165) is 5.56 Å². The summed E-state index contributed by atoms with van der Waals surface area (Å²) in [6, 6.07) is 9.88. The topological polar surface area (TPSA) is 83.3 Å². The highest BCUT2D eigenvalue weighted by Crippen LogP contribution is 2.38. The Hall–Kier alpha value is -3.92. The molecule has 0 amide bonds. The van der Waals surface area contributed by atoms with Crippen LogP contribution < -0.4 is 15.0 Å². The van der Waals surface area contributed by atoms with Gasteiger partial charge in [0.2, 0.25) is 0 Å². The van der Waals surface area contributed by atoms with Crippen molar-refractivity contribution in [1.29, 1.82) is 0 Å². The van der Waals surface area contributed by atoms with Gasteiger partial charge < -0.3 is 14.0 Å². The van der Waals surface area contributed by atoms with Gasteiger partial charge in [-0.05, 0) is 42.3 Å². The van der Waals surface area contributed by atoms with E-state index in [2.05, 4.69) is 9.97 Å². The van der Waals surface area contributed by atoms with Crippen LogP contribution in [0.15, 0.2) is 65.8 Å². The third-order valence-corrected chi connectivity index (χ3v) is 6.30. The third kappa shape index (κ3) is 6.75. The number of carbonyl (C=O) groups is 1. The number of alkyl halides is 3. The Balaban J connectivity index is 1.70. The Bertz CT molecular complexity index is 1560. The zero-order chi connectivity index (χ0) is 28.2. The molecule has 2 heterocycles.